The van der Waals surface area contributed by atoms with Crippen LogP contribution in [-0.2, 0) is 11.3 Å². The number of nitrogens with zero attached hydrogens (tertiary/aromatic N) is 2. The molecular formula is C32H39F4N5O4. The van der Waals surface area contributed by atoms with Gasteiger partial charge in [0.25, 0.3) is 5.91 Å². The number of piperidine rings is 1. The summed E-state index contributed by atoms with van der Waals surface area (Å²) in [7, 11) is 3.04. The highest BCUT2D eigenvalue weighted by atomic mass is 19.4. The molecule has 2 heterocycles. The maximum absolute atomic E-state index is 13.7. The van der Waals surface area contributed by atoms with E-state index >= 15 is 0 Å². The largest absolute Gasteiger partial charge is 0.489 e. The van der Waals surface area contributed by atoms with Crippen LogP contribution in [0, 0.1) is 11.8 Å². The van der Waals surface area contributed by atoms with E-state index in [0.29, 0.717) is 28.7 Å². The van der Waals surface area contributed by atoms with Crippen molar-refractivity contribution in [1.29, 1.82) is 0 Å². The number of carbonyl (C=O) groups excluding carboxylic acids is 1. The average molecular weight is 634 g/mol. The van der Waals surface area contributed by atoms with Crippen LogP contribution in [0.1, 0.15) is 28.9 Å². The number of aliphatic hydroxyl groups excluding tert-OH is 1. The standard InChI is InChI=1S/C32H39F4N5O4/c1-37-31(43)22-8-9-28(30(17-22)45-16-12-33)38-13-4-5-24-18-26-27(6-3-7-29(26)41(24)21-32(34,35)36)39-23-10-14-40(15-11-23)19-25(42)20-44-2/h3,6-9,17-18,23,25,38-39,42H,10-16,19-21H2,1-2H3,(H,37,43). The molecule has 1 aromatic heterocycles. The molecule has 0 saturated carbocycles. The molecule has 45 heavy (non-hydrogen) atoms. The highest BCUT2D eigenvalue weighted by molar-refractivity contribution is 5.95. The summed E-state index contributed by atoms with van der Waals surface area (Å²) < 4.78 is 65.3. The number of alkyl halides is 4. The Morgan fingerprint density at radius 2 is 1.93 bits per heavy atom. The zero-order chi connectivity index (χ0) is 32.4. The minimum absolute atomic E-state index is 0.0572. The molecule has 244 valence electrons. The number of likely N-dealkylation sites (tertiary alicyclic amines) is 1. The van der Waals surface area contributed by atoms with Gasteiger partial charge in [0.15, 0.2) is 0 Å². The van der Waals surface area contributed by atoms with E-state index in [2.05, 4.69) is 32.7 Å². The van der Waals surface area contributed by atoms with Gasteiger partial charge < -0.3 is 40.0 Å². The second kappa shape index (κ2) is 15.8. The minimum atomic E-state index is -4.46. The number of hydrogen-bond donors (Lipinski definition) is 4. The van der Waals surface area contributed by atoms with Crippen LogP contribution < -0.4 is 20.7 Å². The molecule has 1 aliphatic heterocycles. The zero-order valence-corrected chi connectivity index (χ0v) is 25.3. The highest BCUT2D eigenvalue weighted by Crippen LogP contribution is 2.31. The molecule has 1 aliphatic rings. The van der Waals surface area contributed by atoms with Crippen LogP contribution in [0.25, 0.3) is 10.9 Å². The van der Waals surface area contributed by atoms with Crippen molar-refractivity contribution in [3.8, 4) is 17.6 Å². The molecule has 0 bridgehead atoms. The van der Waals surface area contributed by atoms with Crippen LogP contribution in [0.2, 0.25) is 0 Å². The van der Waals surface area contributed by atoms with Crippen molar-refractivity contribution in [2.75, 3.05) is 70.9 Å². The molecule has 1 atom stereocenters. The second-order valence-corrected chi connectivity index (χ2v) is 10.8. The molecule has 3 aromatic rings. The molecule has 0 aliphatic carbocycles. The van der Waals surface area contributed by atoms with Crippen LogP contribution in [0.3, 0.4) is 0 Å². The summed E-state index contributed by atoms with van der Waals surface area (Å²) in [5.41, 5.74) is 2.16. The average Bonchev–Trinajstić information content (AvgIpc) is 3.35. The Morgan fingerprint density at radius 1 is 1.16 bits per heavy atom. The fraction of sp³-hybridized carbons (Fsp3) is 0.469. The third-order valence-electron chi connectivity index (χ3n) is 7.45. The van der Waals surface area contributed by atoms with E-state index in [1.165, 1.54) is 17.7 Å². The van der Waals surface area contributed by atoms with Crippen LogP contribution in [-0.4, -0.2) is 99.0 Å². The number of β-amino-alcohol motifs (C(OH)–C–C–N with tert-alkyl or cyclic N) is 1. The molecule has 1 fully saturated rings. The zero-order valence-electron chi connectivity index (χ0n) is 25.3. The van der Waals surface area contributed by atoms with Crippen molar-refractivity contribution < 1.29 is 36.9 Å². The first-order valence-electron chi connectivity index (χ1n) is 14.7. The summed E-state index contributed by atoms with van der Waals surface area (Å²) in [5.74, 6) is 5.69. The normalized spacial score (nSPS) is 14.9. The van der Waals surface area contributed by atoms with E-state index in [1.807, 2.05) is 6.07 Å². The quantitative estimate of drug-likeness (QED) is 0.165. The molecular weight excluding hydrogens is 594 g/mol. The number of methoxy groups -OCH3 is 1. The molecule has 1 unspecified atom stereocenters. The Kier molecular flexibility index (Phi) is 11.9. The number of ether oxygens (including phenoxy) is 2. The summed E-state index contributed by atoms with van der Waals surface area (Å²) in [6, 6.07) is 11.7. The first-order valence-corrected chi connectivity index (χ1v) is 14.7. The monoisotopic (exact) mass is 633 g/mol. The van der Waals surface area contributed by atoms with Gasteiger partial charge >= 0.3 is 6.18 Å². The van der Waals surface area contributed by atoms with E-state index in [9.17, 15) is 27.5 Å². The van der Waals surface area contributed by atoms with Crippen LogP contribution in [0.5, 0.6) is 5.75 Å². The Balaban J connectivity index is 1.51. The van der Waals surface area contributed by atoms with Gasteiger partial charge in [-0.25, -0.2) is 4.39 Å². The summed E-state index contributed by atoms with van der Waals surface area (Å²) >= 11 is 0. The predicted octanol–water partition coefficient (Wildman–Crippen LogP) is 4.26. The Bertz CT molecular complexity index is 1490. The molecule has 2 aromatic carbocycles. The van der Waals surface area contributed by atoms with Gasteiger partial charge in [-0.15, -0.1) is 0 Å². The number of fused-ring (bicyclic) bond motifs is 1. The van der Waals surface area contributed by atoms with Gasteiger partial charge in [0, 0.05) is 56.5 Å². The van der Waals surface area contributed by atoms with Crippen molar-refractivity contribution in [3.05, 3.63) is 53.7 Å². The molecule has 9 nitrogen and oxygen atoms in total. The maximum atomic E-state index is 13.7. The van der Waals surface area contributed by atoms with Gasteiger partial charge in [0.05, 0.1) is 36.2 Å². The number of aromatic nitrogens is 1. The van der Waals surface area contributed by atoms with Crippen molar-refractivity contribution in [3.63, 3.8) is 0 Å². The van der Waals surface area contributed by atoms with Crippen molar-refractivity contribution in [2.45, 2.75) is 37.7 Å². The van der Waals surface area contributed by atoms with Crippen LogP contribution in [0.4, 0.5) is 28.9 Å². The lowest BCUT2D eigenvalue weighted by Gasteiger charge is -2.34. The fourth-order valence-electron chi connectivity index (χ4n) is 5.38. The van der Waals surface area contributed by atoms with Gasteiger partial charge in [-0.2, -0.15) is 13.2 Å². The summed E-state index contributed by atoms with van der Waals surface area (Å²) in [6.45, 7) is 0.303. The topological polar surface area (TPSA) is 100 Å². The fourth-order valence-corrected chi connectivity index (χ4v) is 5.38. The number of hydrogen-bond acceptors (Lipinski definition) is 7. The highest BCUT2D eigenvalue weighted by Gasteiger charge is 2.30. The van der Waals surface area contributed by atoms with E-state index in [-0.39, 0.29) is 43.2 Å². The van der Waals surface area contributed by atoms with E-state index in [4.69, 9.17) is 9.47 Å². The number of anilines is 2. The van der Waals surface area contributed by atoms with Crippen molar-refractivity contribution in [1.82, 2.24) is 14.8 Å². The Labute approximate surface area is 259 Å². The van der Waals surface area contributed by atoms with Crippen LogP contribution >= 0.6 is 0 Å². The Morgan fingerprint density at radius 3 is 2.62 bits per heavy atom. The number of halogens is 4. The lowest BCUT2D eigenvalue weighted by molar-refractivity contribution is -0.140. The van der Waals surface area contributed by atoms with E-state index < -0.39 is 25.5 Å². The molecule has 1 saturated heterocycles. The third-order valence-corrected chi connectivity index (χ3v) is 7.45. The summed E-state index contributed by atoms with van der Waals surface area (Å²) in [6.07, 6.45) is -3.38. The lowest BCUT2D eigenvalue weighted by atomic mass is 10.0. The van der Waals surface area contributed by atoms with Gasteiger partial charge in [0.2, 0.25) is 0 Å². The molecule has 4 N–H and O–H groups in total. The minimum Gasteiger partial charge on any atom is -0.489 e. The smallest absolute Gasteiger partial charge is 0.406 e. The first-order chi connectivity index (χ1) is 21.6. The van der Waals surface area contributed by atoms with Crippen LogP contribution in [0.15, 0.2) is 42.5 Å². The predicted molar refractivity (Wildman–Crippen MR) is 166 cm³/mol. The Hall–Kier alpha value is -3.99. The number of rotatable bonds is 13. The molecule has 4 rings (SSSR count). The van der Waals surface area contributed by atoms with Gasteiger partial charge in [0.1, 0.15) is 25.6 Å². The number of benzene rings is 2. The van der Waals surface area contributed by atoms with E-state index in [0.717, 1.165) is 31.6 Å². The lowest BCUT2D eigenvalue weighted by Crippen LogP contribution is -2.43. The molecule has 0 spiro atoms. The molecule has 0 radical (unpaired) electrons. The van der Waals surface area contributed by atoms with Gasteiger partial charge in [-0.3, -0.25) is 4.79 Å². The number of nitrogens with one attached hydrogen (secondary N) is 3. The summed E-state index contributed by atoms with van der Waals surface area (Å²) in [5, 5.41) is 19.7. The summed E-state index contributed by atoms with van der Waals surface area (Å²) in [4.78, 5) is 14.2. The maximum Gasteiger partial charge on any atom is 0.406 e. The van der Waals surface area contributed by atoms with E-state index in [1.54, 1.807) is 37.4 Å². The third kappa shape index (κ3) is 9.50. The molecule has 13 heteroatoms. The van der Waals surface area contributed by atoms with Crippen molar-refractivity contribution >= 4 is 28.2 Å². The van der Waals surface area contributed by atoms with Gasteiger partial charge in [-0.05, 0) is 55.2 Å². The number of carbonyl (C=O) groups is 1. The number of aliphatic hydroxyl groups is 1. The number of amides is 1. The second-order valence-electron chi connectivity index (χ2n) is 10.8. The SMILES string of the molecule is CNC(=O)c1ccc(NCC#Cc2cc3c(NC4CCN(CC(O)COC)CC4)cccc3n2CC(F)(F)F)c(OCCF)c1. The molecule has 1 amide bonds. The van der Waals surface area contributed by atoms with Crippen molar-refractivity contribution in [2.24, 2.45) is 0 Å². The van der Waals surface area contributed by atoms with Gasteiger partial charge in [-0.1, -0.05) is 12.0 Å². The first kappa shape index (κ1) is 33.9.